The zero-order valence-electron chi connectivity index (χ0n) is 8.66. The molecule has 2 rings (SSSR count). The van der Waals surface area contributed by atoms with Crippen molar-refractivity contribution in [1.29, 1.82) is 0 Å². The normalized spacial score (nSPS) is 16.6. The molecule has 14 heavy (non-hydrogen) atoms. The third kappa shape index (κ3) is 1.33. The van der Waals surface area contributed by atoms with Gasteiger partial charge in [-0.1, -0.05) is 6.92 Å². The summed E-state index contributed by atoms with van der Waals surface area (Å²) in [6, 6.07) is 0. The molecule has 0 unspecified atom stereocenters. The molecule has 78 valence electrons. The van der Waals surface area contributed by atoms with E-state index in [1.807, 2.05) is 19.0 Å². The van der Waals surface area contributed by atoms with Crippen molar-refractivity contribution >= 4 is 11.5 Å². The smallest absolute Gasteiger partial charge is 0.174 e. The summed E-state index contributed by atoms with van der Waals surface area (Å²) < 4.78 is 1.79. The van der Waals surface area contributed by atoms with Crippen molar-refractivity contribution in [2.24, 2.45) is 7.05 Å². The molecule has 5 nitrogen and oxygen atoms in total. The highest BCUT2D eigenvalue weighted by molar-refractivity contribution is 5.65. The van der Waals surface area contributed by atoms with Crippen molar-refractivity contribution < 1.29 is 4.84 Å². The van der Waals surface area contributed by atoms with Crippen molar-refractivity contribution in [3.8, 4) is 0 Å². The second-order valence-corrected chi connectivity index (χ2v) is 3.45. The van der Waals surface area contributed by atoms with Gasteiger partial charge in [-0.25, -0.2) is 9.75 Å². The van der Waals surface area contributed by atoms with Crippen LogP contribution in [0.4, 0.5) is 11.5 Å². The van der Waals surface area contributed by atoms with E-state index < -0.39 is 0 Å². The number of rotatable bonds is 2. The van der Waals surface area contributed by atoms with E-state index in [2.05, 4.69) is 5.10 Å². The lowest BCUT2D eigenvalue weighted by Crippen LogP contribution is -2.20. The van der Waals surface area contributed by atoms with Gasteiger partial charge in [-0.05, 0) is 12.8 Å². The predicted octanol–water partition coefficient (Wildman–Crippen LogP) is 0.706. The van der Waals surface area contributed by atoms with Crippen LogP contribution in [0.3, 0.4) is 0 Å². The van der Waals surface area contributed by atoms with Gasteiger partial charge in [0, 0.05) is 13.6 Å². The van der Waals surface area contributed by atoms with Crippen LogP contribution in [0.25, 0.3) is 0 Å². The Hall–Kier alpha value is -1.23. The van der Waals surface area contributed by atoms with Gasteiger partial charge in [0.25, 0.3) is 0 Å². The minimum atomic E-state index is 0.747. The van der Waals surface area contributed by atoms with Crippen LogP contribution >= 0.6 is 0 Å². The van der Waals surface area contributed by atoms with Crippen molar-refractivity contribution in [2.45, 2.75) is 19.8 Å². The van der Waals surface area contributed by atoms with E-state index in [1.165, 1.54) is 0 Å². The topological polar surface area (TPSA) is 56.3 Å². The predicted molar refractivity (Wildman–Crippen MR) is 54.9 cm³/mol. The van der Waals surface area contributed by atoms with Crippen molar-refractivity contribution in [1.82, 2.24) is 9.78 Å². The molecule has 0 saturated carbocycles. The number of hydroxylamine groups is 1. The Bertz CT molecular complexity index is 328. The first-order valence-electron chi connectivity index (χ1n) is 4.95. The number of nitrogen functional groups attached to an aromatic ring is 1. The number of aryl methyl sites for hydroxylation is 2. The van der Waals surface area contributed by atoms with Crippen LogP contribution in [0.15, 0.2) is 0 Å². The summed E-state index contributed by atoms with van der Waals surface area (Å²) in [7, 11) is 1.90. The Morgan fingerprint density at radius 2 is 2.36 bits per heavy atom. The zero-order chi connectivity index (χ0) is 10.1. The molecule has 0 atom stereocenters. The van der Waals surface area contributed by atoms with Gasteiger partial charge in [0.1, 0.15) is 5.69 Å². The molecule has 0 bridgehead atoms. The van der Waals surface area contributed by atoms with Gasteiger partial charge >= 0.3 is 0 Å². The molecule has 2 heterocycles. The first-order chi connectivity index (χ1) is 6.74. The molecule has 0 aliphatic carbocycles. The van der Waals surface area contributed by atoms with Crippen molar-refractivity contribution in [2.75, 3.05) is 23.9 Å². The molecule has 0 radical (unpaired) electrons. The number of nitrogens with two attached hydrogens (primary N) is 1. The number of anilines is 2. The molecule has 1 fully saturated rings. The number of hydrogen-bond donors (Lipinski definition) is 1. The van der Waals surface area contributed by atoms with E-state index in [0.717, 1.165) is 43.2 Å². The Kier molecular flexibility index (Phi) is 2.33. The van der Waals surface area contributed by atoms with E-state index in [-0.39, 0.29) is 0 Å². The molecule has 0 aromatic carbocycles. The third-order valence-corrected chi connectivity index (χ3v) is 2.45. The Balaban J connectivity index is 2.35. The summed E-state index contributed by atoms with van der Waals surface area (Å²) in [5, 5.41) is 6.18. The van der Waals surface area contributed by atoms with E-state index in [9.17, 15) is 0 Å². The lowest BCUT2D eigenvalue weighted by atomic mass is 10.3. The molecule has 1 saturated heterocycles. The fraction of sp³-hybridized carbons (Fsp3) is 0.667. The molecular weight excluding hydrogens is 180 g/mol. The van der Waals surface area contributed by atoms with Gasteiger partial charge in [0.05, 0.1) is 12.3 Å². The fourth-order valence-corrected chi connectivity index (χ4v) is 1.76. The molecular formula is C9H16N4O. The summed E-state index contributed by atoms with van der Waals surface area (Å²) >= 11 is 0. The summed E-state index contributed by atoms with van der Waals surface area (Å²) in [5.41, 5.74) is 7.68. The quantitative estimate of drug-likeness (QED) is 0.756. The average Bonchev–Trinajstić information content (AvgIpc) is 2.74. The van der Waals surface area contributed by atoms with E-state index >= 15 is 0 Å². The minimum Gasteiger partial charge on any atom is -0.394 e. The molecule has 0 amide bonds. The van der Waals surface area contributed by atoms with E-state index in [1.54, 1.807) is 4.68 Å². The molecule has 1 aliphatic rings. The minimum absolute atomic E-state index is 0.747. The lowest BCUT2D eigenvalue weighted by Gasteiger charge is -2.16. The van der Waals surface area contributed by atoms with Crippen LogP contribution in [-0.4, -0.2) is 22.9 Å². The number of hydrogen-bond acceptors (Lipinski definition) is 4. The second kappa shape index (κ2) is 3.49. The summed E-state index contributed by atoms with van der Waals surface area (Å²) in [5.74, 6) is 0.888. The first kappa shape index (κ1) is 9.33. The van der Waals surface area contributed by atoms with E-state index in [0.29, 0.717) is 0 Å². The highest BCUT2D eigenvalue weighted by atomic mass is 16.7. The maximum atomic E-state index is 5.99. The monoisotopic (exact) mass is 196 g/mol. The molecule has 5 heteroatoms. The highest BCUT2D eigenvalue weighted by Gasteiger charge is 2.22. The maximum absolute atomic E-state index is 5.99. The van der Waals surface area contributed by atoms with Crippen molar-refractivity contribution in [3.05, 3.63) is 5.69 Å². The van der Waals surface area contributed by atoms with Gasteiger partial charge in [-0.15, -0.1) is 0 Å². The Morgan fingerprint density at radius 3 is 2.86 bits per heavy atom. The molecule has 1 aromatic heterocycles. The Morgan fingerprint density at radius 1 is 1.57 bits per heavy atom. The molecule has 1 aromatic rings. The standard InChI is InChI=1S/C9H16N4O/c1-3-7-8(10)9(12(2)11-7)13-5-4-6-14-13/h3-6,10H2,1-2H3. The average molecular weight is 196 g/mol. The summed E-state index contributed by atoms with van der Waals surface area (Å²) in [6.45, 7) is 3.71. The van der Waals surface area contributed by atoms with Crippen LogP contribution in [0.2, 0.25) is 0 Å². The first-order valence-corrected chi connectivity index (χ1v) is 4.95. The lowest BCUT2D eigenvalue weighted by molar-refractivity contribution is 0.164. The van der Waals surface area contributed by atoms with Crippen molar-refractivity contribution in [3.63, 3.8) is 0 Å². The van der Waals surface area contributed by atoms with Gasteiger partial charge in [-0.3, -0.25) is 4.84 Å². The van der Waals surface area contributed by atoms with Crippen LogP contribution < -0.4 is 10.8 Å². The zero-order valence-corrected chi connectivity index (χ0v) is 8.66. The SMILES string of the molecule is CCc1nn(C)c(N2CCCO2)c1N. The van der Waals surface area contributed by atoms with Gasteiger partial charge in [0.15, 0.2) is 5.82 Å². The van der Waals surface area contributed by atoms with Gasteiger partial charge in [0.2, 0.25) is 0 Å². The van der Waals surface area contributed by atoms with Crippen LogP contribution in [0, 0.1) is 0 Å². The van der Waals surface area contributed by atoms with Gasteiger partial charge in [-0.2, -0.15) is 5.10 Å². The van der Waals surface area contributed by atoms with Gasteiger partial charge < -0.3 is 5.73 Å². The number of aromatic nitrogens is 2. The number of nitrogens with zero attached hydrogens (tertiary/aromatic N) is 3. The summed E-state index contributed by atoms with van der Waals surface area (Å²) in [6.07, 6.45) is 1.90. The molecule has 0 spiro atoms. The molecule has 1 aliphatic heterocycles. The van der Waals surface area contributed by atoms with Crippen LogP contribution in [0.1, 0.15) is 19.0 Å². The Labute approximate surface area is 83.4 Å². The largest absolute Gasteiger partial charge is 0.394 e. The van der Waals surface area contributed by atoms with Crippen LogP contribution in [-0.2, 0) is 18.3 Å². The van der Waals surface area contributed by atoms with Crippen LogP contribution in [0.5, 0.6) is 0 Å². The highest BCUT2D eigenvalue weighted by Crippen LogP contribution is 2.28. The fourth-order valence-electron chi connectivity index (χ4n) is 1.76. The third-order valence-electron chi connectivity index (χ3n) is 2.45. The summed E-state index contributed by atoms with van der Waals surface area (Å²) in [4.78, 5) is 5.45. The molecule has 2 N–H and O–H groups in total. The van der Waals surface area contributed by atoms with E-state index in [4.69, 9.17) is 10.6 Å². The second-order valence-electron chi connectivity index (χ2n) is 3.45. The maximum Gasteiger partial charge on any atom is 0.174 e.